The van der Waals surface area contributed by atoms with Gasteiger partial charge in [0.25, 0.3) is 0 Å². The van der Waals surface area contributed by atoms with Gasteiger partial charge in [-0.3, -0.25) is 9.59 Å². The maximum atomic E-state index is 11.9. The summed E-state index contributed by atoms with van der Waals surface area (Å²) in [6, 6.07) is 14.2. The number of carbonyl (C=O) groups is 2. The number of allylic oxidation sites excluding steroid dienone is 4. The molecule has 0 aromatic heterocycles. The Morgan fingerprint density at radius 3 is 1.27 bits per heavy atom. The van der Waals surface area contributed by atoms with Crippen LogP contribution in [0.5, 0.6) is 0 Å². The third kappa shape index (κ3) is 4.90. The molecule has 22 heavy (non-hydrogen) atoms. The smallest absolute Gasteiger partial charge is 0.185 e. The van der Waals surface area contributed by atoms with E-state index in [0.29, 0.717) is 11.1 Å². The summed E-state index contributed by atoms with van der Waals surface area (Å²) in [7, 11) is 0. The Hall–Kier alpha value is -1.78. The van der Waals surface area contributed by atoms with E-state index in [1.165, 1.54) is 12.2 Å². The minimum Gasteiger partial charge on any atom is -0.289 e. The van der Waals surface area contributed by atoms with Crippen molar-refractivity contribution in [3.8, 4) is 0 Å². The third-order valence-corrected chi connectivity index (χ3v) is 3.92. The number of carbonyl (C=O) groups excluding carboxylic acids is 2. The lowest BCUT2D eigenvalue weighted by atomic mass is 10.1. The Morgan fingerprint density at radius 1 is 0.636 bits per heavy atom. The molecule has 0 saturated heterocycles. The van der Waals surface area contributed by atoms with Crippen LogP contribution >= 0.6 is 31.9 Å². The van der Waals surface area contributed by atoms with Gasteiger partial charge in [-0.15, -0.1) is 0 Å². The largest absolute Gasteiger partial charge is 0.289 e. The summed E-state index contributed by atoms with van der Waals surface area (Å²) in [4.78, 5) is 23.8. The van der Waals surface area contributed by atoms with E-state index in [9.17, 15) is 9.59 Å². The molecule has 0 heterocycles. The van der Waals surface area contributed by atoms with Gasteiger partial charge in [-0.2, -0.15) is 0 Å². The zero-order valence-electron chi connectivity index (χ0n) is 11.5. The van der Waals surface area contributed by atoms with Crippen LogP contribution < -0.4 is 0 Å². The second-order valence-electron chi connectivity index (χ2n) is 4.46. The Bertz CT molecular complexity index is 661. The number of halogens is 2. The molecule has 0 aliphatic carbocycles. The van der Waals surface area contributed by atoms with Crippen LogP contribution in [0.1, 0.15) is 20.7 Å². The molecular weight excluding hydrogens is 408 g/mol. The van der Waals surface area contributed by atoms with Gasteiger partial charge in [0.15, 0.2) is 11.6 Å². The van der Waals surface area contributed by atoms with Crippen molar-refractivity contribution in [2.24, 2.45) is 0 Å². The molecule has 0 N–H and O–H groups in total. The van der Waals surface area contributed by atoms with E-state index < -0.39 is 0 Å². The minimum absolute atomic E-state index is 0.103. The van der Waals surface area contributed by atoms with Crippen LogP contribution in [0.25, 0.3) is 0 Å². The molecule has 2 aromatic carbocycles. The van der Waals surface area contributed by atoms with Crippen molar-refractivity contribution in [3.63, 3.8) is 0 Å². The van der Waals surface area contributed by atoms with Crippen molar-refractivity contribution in [1.82, 2.24) is 0 Å². The van der Waals surface area contributed by atoms with E-state index >= 15 is 0 Å². The van der Waals surface area contributed by atoms with Crippen LogP contribution in [0.2, 0.25) is 0 Å². The molecule has 2 rings (SSSR count). The number of benzene rings is 2. The summed E-state index contributed by atoms with van der Waals surface area (Å²) in [6.07, 6.45) is 6.02. The molecule has 0 aliphatic rings. The highest BCUT2D eigenvalue weighted by atomic mass is 79.9. The second-order valence-corrected chi connectivity index (χ2v) is 6.29. The average Bonchev–Trinajstić information content (AvgIpc) is 2.52. The zero-order valence-corrected chi connectivity index (χ0v) is 14.7. The Balaban J connectivity index is 1.96. The molecule has 0 amide bonds. The molecule has 0 bridgehead atoms. The van der Waals surface area contributed by atoms with Crippen molar-refractivity contribution >= 4 is 43.4 Å². The van der Waals surface area contributed by atoms with Crippen molar-refractivity contribution in [2.45, 2.75) is 0 Å². The second kappa shape index (κ2) is 8.01. The standard InChI is InChI=1S/C18H12Br2O2/c19-15-9-5-13(6-10-15)17(21)3-1-2-4-18(22)14-7-11-16(20)12-8-14/h1-12H/b3-1+,4-2+. The van der Waals surface area contributed by atoms with E-state index in [4.69, 9.17) is 0 Å². The number of hydrogen-bond donors (Lipinski definition) is 0. The first-order chi connectivity index (χ1) is 10.6. The van der Waals surface area contributed by atoms with Crippen molar-refractivity contribution in [1.29, 1.82) is 0 Å². The monoisotopic (exact) mass is 418 g/mol. The van der Waals surface area contributed by atoms with E-state index in [-0.39, 0.29) is 11.6 Å². The van der Waals surface area contributed by atoms with Gasteiger partial charge in [0.2, 0.25) is 0 Å². The molecule has 0 saturated carbocycles. The zero-order chi connectivity index (χ0) is 15.9. The van der Waals surface area contributed by atoms with Gasteiger partial charge in [-0.1, -0.05) is 44.0 Å². The van der Waals surface area contributed by atoms with Gasteiger partial charge >= 0.3 is 0 Å². The predicted octanol–water partition coefficient (Wildman–Crippen LogP) is 5.39. The summed E-state index contributed by atoms with van der Waals surface area (Å²) < 4.78 is 1.85. The predicted molar refractivity (Wildman–Crippen MR) is 95.2 cm³/mol. The summed E-state index contributed by atoms with van der Waals surface area (Å²) in [5, 5.41) is 0. The highest BCUT2D eigenvalue weighted by Gasteiger charge is 2.01. The molecule has 4 heteroatoms. The molecule has 0 unspecified atom stereocenters. The average molecular weight is 420 g/mol. The summed E-state index contributed by atoms with van der Waals surface area (Å²) in [5.74, 6) is -0.207. The first kappa shape index (κ1) is 16.6. The van der Waals surface area contributed by atoms with Crippen molar-refractivity contribution < 1.29 is 9.59 Å². The number of hydrogen-bond acceptors (Lipinski definition) is 2. The van der Waals surface area contributed by atoms with Crippen molar-refractivity contribution in [2.75, 3.05) is 0 Å². The molecule has 0 aliphatic heterocycles. The normalized spacial score (nSPS) is 11.2. The topological polar surface area (TPSA) is 34.1 Å². The van der Waals surface area contributed by atoms with E-state index in [1.807, 2.05) is 24.3 Å². The lowest BCUT2D eigenvalue weighted by molar-refractivity contribution is 0.103. The SMILES string of the molecule is O=C(/C=C/C=C/C(=O)c1ccc(Br)cc1)c1ccc(Br)cc1. The molecule has 2 aromatic rings. The highest BCUT2D eigenvalue weighted by Crippen LogP contribution is 2.12. The first-order valence-corrected chi connectivity index (χ1v) is 8.09. The van der Waals surface area contributed by atoms with Crippen LogP contribution in [-0.4, -0.2) is 11.6 Å². The van der Waals surface area contributed by atoms with Crippen LogP contribution in [0.3, 0.4) is 0 Å². The van der Waals surface area contributed by atoms with Crippen LogP contribution in [0.15, 0.2) is 81.8 Å². The van der Waals surface area contributed by atoms with Crippen molar-refractivity contribution in [3.05, 3.63) is 92.9 Å². The minimum atomic E-state index is -0.103. The van der Waals surface area contributed by atoms with Gasteiger partial charge in [0.05, 0.1) is 0 Å². The van der Waals surface area contributed by atoms with Gasteiger partial charge in [-0.25, -0.2) is 0 Å². The molecule has 0 spiro atoms. The summed E-state index contributed by atoms with van der Waals surface area (Å²) in [6.45, 7) is 0. The lowest BCUT2D eigenvalue weighted by Crippen LogP contribution is -1.94. The first-order valence-electron chi connectivity index (χ1n) is 6.51. The summed E-state index contributed by atoms with van der Waals surface area (Å²) in [5.41, 5.74) is 1.21. The Kier molecular flexibility index (Phi) is 6.04. The molecular formula is C18H12Br2O2. The van der Waals surface area contributed by atoms with Crippen LogP contribution in [0, 0.1) is 0 Å². The summed E-state index contributed by atoms with van der Waals surface area (Å²) >= 11 is 6.64. The molecule has 0 radical (unpaired) electrons. The van der Waals surface area contributed by atoms with Crippen LogP contribution in [0.4, 0.5) is 0 Å². The highest BCUT2D eigenvalue weighted by molar-refractivity contribution is 9.10. The lowest BCUT2D eigenvalue weighted by Gasteiger charge is -1.95. The van der Waals surface area contributed by atoms with Gasteiger partial charge in [0, 0.05) is 20.1 Å². The maximum Gasteiger partial charge on any atom is 0.185 e. The fourth-order valence-electron chi connectivity index (χ4n) is 1.71. The maximum absolute atomic E-state index is 11.9. The molecule has 110 valence electrons. The quantitative estimate of drug-likeness (QED) is 0.370. The Morgan fingerprint density at radius 2 is 0.955 bits per heavy atom. The number of rotatable bonds is 5. The molecule has 0 fully saturated rings. The van der Waals surface area contributed by atoms with E-state index in [1.54, 1.807) is 36.4 Å². The van der Waals surface area contributed by atoms with E-state index in [2.05, 4.69) is 31.9 Å². The third-order valence-electron chi connectivity index (χ3n) is 2.86. The van der Waals surface area contributed by atoms with Gasteiger partial charge in [0.1, 0.15) is 0 Å². The van der Waals surface area contributed by atoms with Gasteiger partial charge in [-0.05, 0) is 60.7 Å². The fourth-order valence-corrected chi connectivity index (χ4v) is 2.24. The van der Waals surface area contributed by atoms with E-state index in [0.717, 1.165) is 8.95 Å². The fraction of sp³-hybridized carbons (Fsp3) is 0. The molecule has 2 nitrogen and oxygen atoms in total. The van der Waals surface area contributed by atoms with Gasteiger partial charge < -0.3 is 0 Å². The Labute approximate surface area is 145 Å². The van der Waals surface area contributed by atoms with Crippen LogP contribution in [-0.2, 0) is 0 Å². The number of ketones is 2. The molecule has 0 atom stereocenters.